The van der Waals surface area contributed by atoms with Gasteiger partial charge in [0.1, 0.15) is 10.7 Å². The predicted octanol–water partition coefficient (Wildman–Crippen LogP) is 6.29. The highest BCUT2D eigenvalue weighted by molar-refractivity contribution is 7.17. The number of hydrogen-bond acceptors (Lipinski definition) is 4. The minimum absolute atomic E-state index is 0.0275. The van der Waals surface area contributed by atoms with Crippen LogP contribution in [-0.2, 0) is 6.54 Å². The van der Waals surface area contributed by atoms with E-state index in [1.165, 1.54) is 16.9 Å². The number of hydrogen-bond donors (Lipinski definition) is 0. The fourth-order valence-corrected chi connectivity index (χ4v) is 4.76. The third-order valence-corrected chi connectivity index (χ3v) is 6.40. The van der Waals surface area contributed by atoms with Gasteiger partial charge in [0.25, 0.3) is 5.56 Å². The first-order valence-electron chi connectivity index (χ1n) is 10.5. The van der Waals surface area contributed by atoms with Gasteiger partial charge in [0.15, 0.2) is 0 Å². The SMILES string of the molecule is CC(C)c1ccc(-c2csc3nc(C(C)C)n(Cc4cccc(C#N)c4)c(=O)c23)cc1. The zero-order valence-electron chi connectivity index (χ0n) is 18.2. The largest absolute Gasteiger partial charge is 0.291 e. The van der Waals surface area contributed by atoms with Crippen LogP contribution in [0, 0.1) is 11.3 Å². The Morgan fingerprint density at radius 1 is 1.06 bits per heavy atom. The summed E-state index contributed by atoms with van der Waals surface area (Å²) in [5.41, 5.74) is 4.72. The molecule has 0 aliphatic heterocycles. The lowest BCUT2D eigenvalue weighted by Gasteiger charge is -2.15. The molecule has 0 fully saturated rings. The molecule has 0 saturated heterocycles. The minimum Gasteiger partial charge on any atom is -0.291 e. The number of benzene rings is 2. The molecule has 0 atom stereocenters. The van der Waals surface area contributed by atoms with Gasteiger partial charge in [0.05, 0.1) is 23.6 Å². The first-order valence-corrected chi connectivity index (χ1v) is 11.4. The second-order valence-electron chi connectivity index (χ2n) is 8.43. The number of rotatable bonds is 5. The van der Waals surface area contributed by atoms with Crippen LogP contribution in [0.5, 0.6) is 0 Å². The van der Waals surface area contributed by atoms with Crippen molar-refractivity contribution in [1.82, 2.24) is 9.55 Å². The van der Waals surface area contributed by atoms with Gasteiger partial charge in [-0.2, -0.15) is 5.26 Å². The van der Waals surface area contributed by atoms with Gasteiger partial charge in [-0.25, -0.2) is 4.98 Å². The van der Waals surface area contributed by atoms with Crippen LogP contribution in [-0.4, -0.2) is 9.55 Å². The fraction of sp³-hybridized carbons (Fsp3) is 0.269. The normalized spacial score (nSPS) is 11.4. The highest BCUT2D eigenvalue weighted by atomic mass is 32.1. The second kappa shape index (κ2) is 8.49. The van der Waals surface area contributed by atoms with E-state index in [9.17, 15) is 10.1 Å². The number of fused-ring (bicyclic) bond motifs is 1. The maximum atomic E-state index is 13.7. The first-order chi connectivity index (χ1) is 14.9. The molecular formula is C26H25N3OS. The molecule has 4 aromatic rings. The van der Waals surface area contributed by atoms with Crippen LogP contribution in [0.15, 0.2) is 58.7 Å². The fourth-order valence-electron chi connectivity index (χ4n) is 3.82. The molecule has 0 spiro atoms. The summed E-state index contributed by atoms with van der Waals surface area (Å²) >= 11 is 1.52. The summed E-state index contributed by atoms with van der Waals surface area (Å²) in [5, 5.41) is 11.9. The van der Waals surface area contributed by atoms with Crippen molar-refractivity contribution in [1.29, 1.82) is 5.26 Å². The summed E-state index contributed by atoms with van der Waals surface area (Å²) in [6.07, 6.45) is 0. The molecule has 0 radical (unpaired) electrons. The molecule has 156 valence electrons. The third-order valence-electron chi connectivity index (χ3n) is 5.52. The lowest BCUT2D eigenvalue weighted by Crippen LogP contribution is -2.26. The van der Waals surface area contributed by atoms with Crippen molar-refractivity contribution in [2.75, 3.05) is 0 Å². The highest BCUT2D eigenvalue weighted by Gasteiger charge is 2.19. The molecule has 5 heteroatoms. The van der Waals surface area contributed by atoms with Gasteiger partial charge in [-0.1, -0.05) is 64.1 Å². The zero-order chi connectivity index (χ0) is 22.1. The maximum absolute atomic E-state index is 13.7. The molecule has 2 aromatic carbocycles. The average molecular weight is 428 g/mol. The van der Waals surface area contributed by atoms with E-state index in [4.69, 9.17) is 4.98 Å². The number of nitrogens with zero attached hydrogens (tertiary/aromatic N) is 3. The van der Waals surface area contributed by atoms with Gasteiger partial charge in [0.2, 0.25) is 0 Å². The number of nitriles is 1. The molecule has 0 bridgehead atoms. The number of thiophene rings is 1. The van der Waals surface area contributed by atoms with E-state index in [0.717, 1.165) is 27.3 Å². The standard InChI is InChI=1S/C26H25N3OS/c1-16(2)20-8-10-21(11-9-20)22-15-31-25-23(22)26(30)29(24(28-25)17(3)4)14-19-7-5-6-18(12-19)13-27/h5-12,15-17H,14H2,1-4H3. The van der Waals surface area contributed by atoms with Crippen LogP contribution in [0.4, 0.5) is 0 Å². The van der Waals surface area contributed by atoms with Crippen molar-refractivity contribution in [3.8, 4) is 17.2 Å². The van der Waals surface area contributed by atoms with E-state index in [2.05, 4.69) is 58.0 Å². The predicted molar refractivity (Wildman–Crippen MR) is 128 cm³/mol. The maximum Gasteiger partial charge on any atom is 0.263 e. The molecule has 4 nitrogen and oxygen atoms in total. The molecule has 0 amide bonds. The Morgan fingerprint density at radius 2 is 1.81 bits per heavy atom. The third kappa shape index (κ3) is 4.04. The van der Waals surface area contributed by atoms with Gasteiger partial charge in [-0.15, -0.1) is 11.3 Å². The van der Waals surface area contributed by atoms with Crippen molar-refractivity contribution in [2.45, 2.75) is 46.1 Å². The van der Waals surface area contributed by atoms with Crippen LogP contribution >= 0.6 is 11.3 Å². The van der Waals surface area contributed by atoms with Gasteiger partial charge >= 0.3 is 0 Å². The molecular weight excluding hydrogens is 402 g/mol. The van der Waals surface area contributed by atoms with Crippen LogP contribution in [0.25, 0.3) is 21.3 Å². The van der Waals surface area contributed by atoms with E-state index in [0.29, 0.717) is 23.4 Å². The molecule has 2 heterocycles. The van der Waals surface area contributed by atoms with Crippen molar-refractivity contribution in [3.63, 3.8) is 0 Å². The van der Waals surface area contributed by atoms with Crippen molar-refractivity contribution in [3.05, 3.63) is 86.8 Å². The Hall–Kier alpha value is -3.23. The smallest absolute Gasteiger partial charge is 0.263 e. The Labute approximate surface area is 186 Å². The minimum atomic E-state index is -0.0275. The Balaban J connectivity index is 1.88. The molecule has 0 aliphatic carbocycles. The summed E-state index contributed by atoms with van der Waals surface area (Å²) in [4.78, 5) is 19.4. The summed E-state index contributed by atoms with van der Waals surface area (Å²) in [6.45, 7) is 8.84. The van der Waals surface area contributed by atoms with Crippen LogP contribution in [0.2, 0.25) is 0 Å². The zero-order valence-corrected chi connectivity index (χ0v) is 19.0. The summed E-state index contributed by atoms with van der Waals surface area (Å²) in [5.74, 6) is 1.33. The number of aromatic nitrogens is 2. The molecule has 0 unspecified atom stereocenters. The Morgan fingerprint density at radius 3 is 2.45 bits per heavy atom. The lowest BCUT2D eigenvalue weighted by molar-refractivity contribution is 0.635. The van der Waals surface area contributed by atoms with Gasteiger partial charge in [0, 0.05) is 16.9 Å². The van der Waals surface area contributed by atoms with Crippen LogP contribution < -0.4 is 5.56 Å². The topological polar surface area (TPSA) is 58.7 Å². The Kier molecular flexibility index (Phi) is 5.75. The summed E-state index contributed by atoms with van der Waals surface area (Å²) in [6, 6.07) is 18.0. The van der Waals surface area contributed by atoms with E-state index in [1.54, 1.807) is 10.6 Å². The quantitative estimate of drug-likeness (QED) is 0.376. The molecule has 4 rings (SSSR count). The van der Waals surface area contributed by atoms with E-state index < -0.39 is 0 Å². The summed E-state index contributed by atoms with van der Waals surface area (Å²) < 4.78 is 1.77. The second-order valence-corrected chi connectivity index (χ2v) is 9.29. The van der Waals surface area contributed by atoms with Gasteiger partial charge in [-0.05, 0) is 34.7 Å². The Bertz CT molecular complexity index is 1340. The first kappa shape index (κ1) is 21.0. The molecule has 0 N–H and O–H groups in total. The van der Waals surface area contributed by atoms with Crippen LogP contribution in [0.1, 0.15) is 62.0 Å². The van der Waals surface area contributed by atoms with Gasteiger partial charge < -0.3 is 0 Å². The summed E-state index contributed by atoms with van der Waals surface area (Å²) in [7, 11) is 0. The van der Waals surface area contributed by atoms with E-state index >= 15 is 0 Å². The van der Waals surface area contributed by atoms with Crippen molar-refractivity contribution >= 4 is 21.6 Å². The molecule has 31 heavy (non-hydrogen) atoms. The molecule has 2 aromatic heterocycles. The molecule has 0 saturated carbocycles. The van der Waals surface area contributed by atoms with Gasteiger partial charge in [-0.3, -0.25) is 9.36 Å². The lowest BCUT2D eigenvalue weighted by atomic mass is 9.99. The highest BCUT2D eigenvalue weighted by Crippen LogP contribution is 2.32. The van der Waals surface area contributed by atoms with E-state index in [1.807, 2.05) is 23.6 Å². The van der Waals surface area contributed by atoms with Crippen molar-refractivity contribution in [2.24, 2.45) is 0 Å². The van der Waals surface area contributed by atoms with Crippen molar-refractivity contribution < 1.29 is 0 Å². The average Bonchev–Trinajstić information content (AvgIpc) is 3.20. The van der Waals surface area contributed by atoms with Crippen LogP contribution in [0.3, 0.4) is 0 Å². The van der Waals surface area contributed by atoms with E-state index in [-0.39, 0.29) is 11.5 Å². The monoisotopic (exact) mass is 427 g/mol. The molecule has 0 aliphatic rings.